The second-order valence-corrected chi connectivity index (χ2v) is 10.2. The summed E-state index contributed by atoms with van der Waals surface area (Å²) in [5.41, 5.74) is 4.72. The molecular weight excluding hydrogens is 488 g/mol. The lowest BCUT2D eigenvalue weighted by Gasteiger charge is -2.14. The van der Waals surface area contributed by atoms with Gasteiger partial charge in [-0.3, -0.25) is 19.7 Å². The molecule has 1 saturated heterocycles. The van der Waals surface area contributed by atoms with Crippen molar-refractivity contribution in [1.82, 2.24) is 10.4 Å². The quantitative estimate of drug-likeness (QED) is 0.301. The number of carbonyl (C=O) groups is 2. The molecule has 1 aliphatic heterocycles. The molecule has 0 saturated carbocycles. The maximum Gasteiger partial charge on any atom is 0.282 e. The normalized spacial score (nSPS) is 15.0. The van der Waals surface area contributed by atoms with E-state index < -0.39 is 21.8 Å². The molecule has 5 rings (SSSR count). The molecule has 1 fully saturated rings. The SMILES string of the molecule is Cc1ccc(N2NC(=O)C(=Cc3ccc(-c4ccc(S(=O)(=O)Nc5nccs5)cc4)o3)C2=O)cc1. The minimum absolute atomic E-state index is 0.0545. The first-order valence-electron chi connectivity index (χ1n) is 10.4. The molecular formula is C24H18N4O5S2. The molecule has 0 aliphatic carbocycles. The summed E-state index contributed by atoms with van der Waals surface area (Å²) in [4.78, 5) is 29.2. The number of amides is 2. The van der Waals surface area contributed by atoms with Crippen LogP contribution in [0.4, 0.5) is 10.8 Å². The maximum absolute atomic E-state index is 12.8. The van der Waals surface area contributed by atoms with Gasteiger partial charge in [0.15, 0.2) is 5.13 Å². The van der Waals surface area contributed by atoms with Crippen molar-refractivity contribution in [3.8, 4) is 11.3 Å². The summed E-state index contributed by atoms with van der Waals surface area (Å²) >= 11 is 1.18. The fourth-order valence-corrected chi connectivity index (χ4v) is 5.20. The lowest BCUT2D eigenvalue weighted by molar-refractivity contribution is -0.117. The van der Waals surface area contributed by atoms with Crippen LogP contribution in [0, 0.1) is 6.92 Å². The van der Waals surface area contributed by atoms with E-state index in [0.29, 0.717) is 22.8 Å². The van der Waals surface area contributed by atoms with E-state index in [9.17, 15) is 18.0 Å². The fourth-order valence-electron chi connectivity index (χ4n) is 3.41. The van der Waals surface area contributed by atoms with E-state index in [1.165, 1.54) is 40.8 Å². The Kier molecular flexibility index (Phi) is 5.71. The summed E-state index contributed by atoms with van der Waals surface area (Å²) in [5.74, 6) is -0.253. The molecule has 0 unspecified atom stereocenters. The number of anilines is 2. The van der Waals surface area contributed by atoms with E-state index >= 15 is 0 Å². The Balaban J connectivity index is 1.34. The lowest BCUT2D eigenvalue weighted by Crippen LogP contribution is -2.35. The van der Waals surface area contributed by atoms with E-state index in [2.05, 4.69) is 15.1 Å². The van der Waals surface area contributed by atoms with Crippen LogP contribution in [0.15, 0.2) is 87.1 Å². The van der Waals surface area contributed by atoms with Gasteiger partial charge in [0.1, 0.15) is 17.1 Å². The van der Waals surface area contributed by atoms with Crippen LogP contribution in [0.5, 0.6) is 0 Å². The number of rotatable bonds is 6. The van der Waals surface area contributed by atoms with Crippen molar-refractivity contribution >= 4 is 50.1 Å². The Morgan fingerprint density at radius 3 is 2.46 bits per heavy atom. The number of nitrogens with zero attached hydrogens (tertiary/aromatic N) is 2. The van der Waals surface area contributed by atoms with E-state index in [-0.39, 0.29) is 15.6 Å². The number of hydrogen-bond acceptors (Lipinski definition) is 7. The highest BCUT2D eigenvalue weighted by atomic mass is 32.2. The number of carbonyl (C=O) groups excluding carboxylic acids is 2. The number of hydrazine groups is 1. The Bertz CT molecular complexity index is 1540. The number of aryl methyl sites for hydroxylation is 1. The second-order valence-electron chi connectivity index (χ2n) is 7.64. The molecule has 11 heteroatoms. The lowest BCUT2D eigenvalue weighted by atomic mass is 10.2. The topological polar surface area (TPSA) is 122 Å². The van der Waals surface area contributed by atoms with Crippen LogP contribution in [0.1, 0.15) is 11.3 Å². The Morgan fingerprint density at radius 1 is 1.03 bits per heavy atom. The number of benzene rings is 2. The van der Waals surface area contributed by atoms with Crippen molar-refractivity contribution < 1.29 is 22.4 Å². The van der Waals surface area contributed by atoms with E-state index in [0.717, 1.165) is 5.56 Å². The summed E-state index contributed by atoms with van der Waals surface area (Å²) in [5, 5.41) is 3.15. The summed E-state index contributed by atoms with van der Waals surface area (Å²) in [7, 11) is -3.76. The van der Waals surface area contributed by atoms with Gasteiger partial charge in [0, 0.05) is 17.1 Å². The highest BCUT2D eigenvalue weighted by molar-refractivity contribution is 7.93. The molecule has 0 atom stereocenters. The smallest absolute Gasteiger partial charge is 0.282 e. The van der Waals surface area contributed by atoms with E-state index in [1.54, 1.807) is 41.8 Å². The molecule has 3 heterocycles. The third-order valence-electron chi connectivity index (χ3n) is 5.20. The largest absolute Gasteiger partial charge is 0.457 e. The molecule has 9 nitrogen and oxygen atoms in total. The third-order valence-corrected chi connectivity index (χ3v) is 7.37. The van der Waals surface area contributed by atoms with Crippen LogP contribution in [-0.2, 0) is 19.6 Å². The van der Waals surface area contributed by atoms with Crippen LogP contribution in [0.3, 0.4) is 0 Å². The van der Waals surface area contributed by atoms with Crippen molar-refractivity contribution in [2.45, 2.75) is 11.8 Å². The molecule has 2 amide bonds. The molecule has 0 spiro atoms. The van der Waals surface area contributed by atoms with Crippen molar-refractivity contribution in [1.29, 1.82) is 0 Å². The summed E-state index contributed by atoms with van der Waals surface area (Å²) < 4.78 is 33.2. The van der Waals surface area contributed by atoms with Gasteiger partial charge in [-0.1, -0.05) is 17.7 Å². The van der Waals surface area contributed by atoms with Crippen LogP contribution < -0.4 is 15.2 Å². The van der Waals surface area contributed by atoms with Crippen LogP contribution in [-0.4, -0.2) is 25.2 Å². The van der Waals surface area contributed by atoms with Gasteiger partial charge >= 0.3 is 0 Å². The molecule has 2 N–H and O–H groups in total. The van der Waals surface area contributed by atoms with Crippen molar-refractivity contribution in [3.63, 3.8) is 0 Å². The number of sulfonamides is 1. The third kappa shape index (κ3) is 4.59. The predicted molar refractivity (Wildman–Crippen MR) is 132 cm³/mol. The van der Waals surface area contributed by atoms with Gasteiger partial charge in [0.2, 0.25) is 0 Å². The summed E-state index contributed by atoms with van der Waals surface area (Å²) in [6.07, 6.45) is 2.89. The maximum atomic E-state index is 12.8. The zero-order chi connectivity index (χ0) is 24.6. The molecule has 2 aromatic carbocycles. The van der Waals surface area contributed by atoms with E-state index in [4.69, 9.17) is 4.42 Å². The van der Waals surface area contributed by atoms with Gasteiger partial charge in [-0.05, 0) is 61.5 Å². The molecule has 0 radical (unpaired) electrons. The van der Waals surface area contributed by atoms with Crippen molar-refractivity contribution in [3.05, 3.63) is 89.1 Å². The molecule has 35 heavy (non-hydrogen) atoms. The Labute approximate surface area is 204 Å². The first kappa shape index (κ1) is 22.6. The van der Waals surface area contributed by atoms with Crippen molar-refractivity contribution in [2.75, 3.05) is 9.73 Å². The number of hydrogen-bond donors (Lipinski definition) is 2. The van der Waals surface area contributed by atoms with Gasteiger partial charge in [0.05, 0.1) is 10.6 Å². The predicted octanol–water partition coefficient (Wildman–Crippen LogP) is 3.97. The highest BCUT2D eigenvalue weighted by Crippen LogP contribution is 2.27. The van der Waals surface area contributed by atoms with Crippen LogP contribution >= 0.6 is 11.3 Å². The Morgan fingerprint density at radius 2 is 1.77 bits per heavy atom. The van der Waals surface area contributed by atoms with Crippen LogP contribution in [0.25, 0.3) is 17.4 Å². The van der Waals surface area contributed by atoms with Crippen LogP contribution in [0.2, 0.25) is 0 Å². The molecule has 1 aliphatic rings. The number of aromatic nitrogens is 1. The molecule has 176 valence electrons. The Hall–Kier alpha value is -4.22. The average molecular weight is 507 g/mol. The highest BCUT2D eigenvalue weighted by Gasteiger charge is 2.34. The minimum atomic E-state index is -3.76. The van der Waals surface area contributed by atoms with Gasteiger partial charge in [-0.15, -0.1) is 11.3 Å². The second kappa shape index (κ2) is 8.85. The minimum Gasteiger partial charge on any atom is -0.457 e. The average Bonchev–Trinajstić information content (AvgIpc) is 3.58. The number of furan rings is 1. The fraction of sp³-hybridized carbons (Fsp3) is 0.0417. The first-order valence-corrected chi connectivity index (χ1v) is 12.7. The molecule has 0 bridgehead atoms. The summed E-state index contributed by atoms with van der Waals surface area (Å²) in [6, 6.07) is 16.6. The van der Waals surface area contributed by atoms with E-state index in [1.807, 2.05) is 19.1 Å². The number of nitrogens with one attached hydrogen (secondary N) is 2. The van der Waals surface area contributed by atoms with Gasteiger partial charge in [0.25, 0.3) is 21.8 Å². The molecule has 2 aromatic heterocycles. The monoisotopic (exact) mass is 506 g/mol. The first-order chi connectivity index (χ1) is 16.8. The van der Waals surface area contributed by atoms with Gasteiger partial charge in [-0.25, -0.2) is 18.4 Å². The van der Waals surface area contributed by atoms with Gasteiger partial charge < -0.3 is 4.42 Å². The molecule has 4 aromatic rings. The number of thiazole rings is 1. The van der Waals surface area contributed by atoms with Gasteiger partial charge in [-0.2, -0.15) is 0 Å². The zero-order valence-corrected chi connectivity index (χ0v) is 19.9. The zero-order valence-electron chi connectivity index (χ0n) is 18.3. The summed E-state index contributed by atoms with van der Waals surface area (Å²) in [6.45, 7) is 1.93. The van der Waals surface area contributed by atoms with Crippen molar-refractivity contribution in [2.24, 2.45) is 0 Å². The standard InChI is InChI=1S/C24H18N4O5S2/c1-15-2-6-17(7-3-15)28-23(30)20(22(29)26-28)14-18-8-11-21(33-18)16-4-9-19(10-5-16)35(31,32)27-24-25-12-13-34-24/h2-14H,1H3,(H,25,27)(H,26,29).